The number of thiocarbonyl (C=S) groups is 1. The number of amides is 2. The van der Waals surface area contributed by atoms with Crippen molar-refractivity contribution in [3.8, 4) is 17.2 Å². The number of hydrogen-bond donors (Lipinski definition) is 1. The highest BCUT2D eigenvalue weighted by Gasteiger charge is 2.44. The standard InChI is InChI=1S/C28H28IN3O5S/c1-35-20-11-9-19(10-12-20)32-27(34)23(17-26(33)30-22-7-5-4-6-21(22)29)31(28(32)38)15-14-18-8-13-24(36-2)25(16-18)37-3/h4-13,16,23H,14-15,17H2,1-3H3,(H,30,33)/t23-/m1/s1. The number of nitrogens with one attached hydrogen (secondary N) is 1. The highest BCUT2D eigenvalue weighted by Crippen LogP contribution is 2.31. The first-order valence-electron chi connectivity index (χ1n) is 11.9. The number of para-hydroxylation sites is 1. The number of carbonyl (C=O) groups is 2. The van der Waals surface area contributed by atoms with Crippen molar-refractivity contribution >= 4 is 63.1 Å². The van der Waals surface area contributed by atoms with E-state index in [1.165, 1.54) is 4.90 Å². The molecule has 10 heteroatoms. The van der Waals surface area contributed by atoms with Gasteiger partial charge in [0.2, 0.25) is 5.91 Å². The van der Waals surface area contributed by atoms with Gasteiger partial charge >= 0.3 is 0 Å². The summed E-state index contributed by atoms with van der Waals surface area (Å²) in [5.74, 6) is 1.43. The second-order valence-electron chi connectivity index (χ2n) is 8.53. The summed E-state index contributed by atoms with van der Waals surface area (Å²) in [6, 6.07) is 19.6. The van der Waals surface area contributed by atoms with Crippen molar-refractivity contribution in [1.82, 2.24) is 4.90 Å². The van der Waals surface area contributed by atoms with E-state index in [2.05, 4.69) is 27.9 Å². The van der Waals surface area contributed by atoms with Crippen LogP contribution in [-0.4, -0.2) is 55.7 Å². The van der Waals surface area contributed by atoms with E-state index < -0.39 is 6.04 Å². The van der Waals surface area contributed by atoms with Gasteiger partial charge in [-0.1, -0.05) is 18.2 Å². The first-order valence-corrected chi connectivity index (χ1v) is 13.4. The Morgan fingerprint density at radius 1 is 0.974 bits per heavy atom. The van der Waals surface area contributed by atoms with Gasteiger partial charge in [0.25, 0.3) is 5.91 Å². The van der Waals surface area contributed by atoms with E-state index in [9.17, 15) is 9.59 Å². The van der Waals surface area contributed by atoms with Crippen LogP contribution in [0.15, 0.2) is 66.7 Å². The summed E-state index contributed by atoms with van der Waals surface area (Å²) < 4.78 is 16.9. The van der Waals surface area contributed by atoms with Crippen LogP contribution >= 0.6 is 34.8 Å². The minimum atomic E-state index is -0.744. The van der Waals surface area contributed by atoms with Gasteiger partial charge in [-0.3, -0.25) is 14.5 Å². The van der Waals surface area contributed by atoms with Gasteiger partial charge in [0, 0.05) is 10.1 Å². The van der Waals surface area contributed by atoms with Crippen LogP contribution in [-0.2, 0) is 16.0 Å². The van der Waals surface area contributed by atoms with E-state index in [0.717, 1.165) is 9.13 Å². The molecule has 3 aromatic carbocycles. The fourth-order valence-electron chi connectivity index (χ4n) is 4.28. The number of nitrogens with zero attached hydrogens (tertiary/aromatic N) is 2. The summed E-state index contributed by atoms with van der Waals surface area (Å²) in [5.41, 5.74) is 2.32. The highest BCUT2D eigenvalue weighted by atomic mass is 127. The molecule has 3 aromatic rings. The zero-order valence-electron chi connectivity index (χ0n) is 21.3. The predicted octanol–water partition coefficient (Wildman–Crippen LogP) is 4.89. The number of hydrogen-bond acceptors (Lipinski definition) is 6. The van der Waals surface area contributed by atoms with E-state index in [-0.39, 0.29) is 18.2 Å². The molecular formula is C28H28IN3O5S. The molecule has 198 valence electrons. The van der Waals surface area contributed by atoms with Crippen LogP contribution in [0.3, 0.4) is 0 Å². The molecule has 8 nitrogen and oxygen atoms in total. The van der Waals surface area contributed by atoms with Gasteiger partial charge < -0.3 is 24.4 Å². The minimum Gasteiger partial charge on any atom is -0.497 e. The van der Waals surface area contributed by atoms with Gasteiger partial charge in [-0.05, 0) is 95.3 Å². The van der Waals surface area contributed by atoms with E-state index in [4.69, 9.17) is 26.4 Å². The first-order chi connectivity index (χ1) is 18.4. The Kier molecular flexibility index (Phi) is 9.05. The quantitative estimate of drug-likeness (QED) is 0.249. The number of methoxy groups -OCH3 is 3. The minimum absolute atomic E-state index is 0.0392. The maximum atomic E-state index is 13.7. The van der Waals surface area contributed by atoms with E-state index in [0.29, 0.717) is 46.7 Å². The second-order valence-corrected chi connectivity index (χ2v) is 10.1. The molecule has 0 saturated carbocycles. The summed E-state index contributed by atoms with van der Waals surface area (Å²) in [7, 11) is 4.76. The lowest BCUT2D eigenvalue weighted by atomic mass is 10.1. The number of ether oxygens (including phenoxy) is 3. The molecule has 1 heterocycles. The maximum Gasteiger partial charge on any atom is 0.256 e. The molecule has 0 aromatic heterocycles. The number of benzene rings is 3. The Morgan fingerprint density at radius 3 is 2.34 bits per heavy atom. The Morgan fingerprint density at radius 2 is 1.68 bits per heavy atom. The molecule has 1 aliphatic heterocycles. The molecule has 1 saturated heterocycles. The van der Waals surface area contributed by atoms with Gasteiger partial charge in [-0.15, -0.1) is 0 Å². The molecular weight excluding hydrogens is 617 g/mol. The zero-order valence-corrected chi connectivity index (χ0v) is 24.2. The van der Waals surface area contributed by atoms with Crippen molar-refractivity contribution in [3.63, 3.8) is 0 Å². The summed E-state index contributed by atoms with van der Waals surface area (Å²) in [6.45, 7) is 0.438. The van der Waals surface area contributed by atoms with E-state index in [1.807, 2.05) is 47.4 Å². The Labute approximate surface area is 241 Å². The van der Waals surface area contributed by atoms with Crippen LogP contribution in [0.2, 0.25) is 0 Å². The van der Waals surface area contributed by atoms with Crippen molar-refractivity contribution < 1.29 is 23.8 Å². The maximum absolute atomic E-state index is 13.7. The van der Waals surface area contributed by atoms with Crippen LogP contribution in [0, 0.1) is 3.57 Å². The van der Waals surface area contributed by atoms with Crippen molar-refractivity contribution in [2.24, 2.45) is 0 Å². The van der Waals surface area contributed by atoms with Gasteiger partial charge in [-0.2, -0.15) is 0 Å². The molecule has 1 atom stereocenters. The van der Waals surface area contributed by atoms with Gasteiger partial charge in [-0.25, -0.2) is 0 Å². The predicted molar refractivity (Wildman–Crippen MR) is 159 cm³/mol. The fraction of sp³-hybridized carbons (Fsp3) is 0.250. The van der Waals surface area contributed by atoms with Gasteiger partial charge in [0.15, 0.2) is 16.6 Å². The monoisotopic (exact) mass is 645 g/mol. The fourth-order valence-corrected chi connectivity index (χ4v) is 5.22. The molecule has 0 radical (unpaired) electrons. The highest BCUT2D eigenvalue weighted by molar-refractivity contribution is 14.1. The summed E-state index contributed by atoms with van der Waals surface area (Å²) >= 11 is 7.95. The van der Waals surface area contributed by atoms with Crippen molar-refractivity contribution in [1.29, 1.82) is 0 Å². The third kappa shape index (κ3) is 6.02. The lowest BCUT2D eigenvalue weighted by Crippen LogP contribution is -2.39. The average Bonchev–Trinajstić information content (AvgIpc) is 3.16. The normalized spacial score (nSPS) is 15.0. The molecule has 1 aliphatic rings. The van der Waals surface area contributed by atoms with Crippen LogP contribution in [0.1, 0.15) is 12.0 Å². The molecule has 0 bridgehead atoms. The van der Waals surface area contributed by atoms with Gasteiger partial charge in [0.1, 0.15) is 11.8 Å². The van der Waals surface area contributed by atoms with Crippen LogP contribution < -0.4 is 24.4 Å². The zero-order chi connectivity index (χ0) is 27.2. The molecule has 2 amide bonds. The number of carbonyl (C=O) groups excluding carboxylic acids is 2. The number of rotatable bonds is 10. The van der Waals surface area contributed by atoms with Crippen LogP contribution in [0.4, 0.5) is 11.4 Å². The average molecular weight is 646 g/mol. The van der Waals surface area contributed by atoms with Crippen molar-refractivity contribution in [2.75, 3.05) is 38.1 Å². The molecule has 38 heavy (non-hydrogen) atoms. The number of anilines is 2. The van der Waals surface area contributed by atoms with E-state index >= 15 is 0 Å². The molecule has 4 rings (SSSR count). The lowest BCUT2D eigenvalue weighted by Gasteiger charge is -2.24. The molecule has 1 N–H and O–H groups in total. The van der Waals surface area contributed by atoms with Crippen molar-refractivity contribution in [3.05, 3.63) is 75.9 Å². The SMILES string of the molecule is COc1ccc(N2C(=O)[C@@H](CC(=O)Nc3ccccc3I)N(CCc3ccc(OC)c(OC)c3)C2=S)cc1. The lowest BCUT2D eigenvalue weighted by molar-refractivity contribution is -0.124. The summed E-state index contributed by atoms with van der Waals surface area (Å²) in [4.78, 5) is 30.1. The Hall–Kier alpha value is -3.38. The number of halogens is 1. The van der Waals surface area contributed by atoms with Gasteiger partial charge in [0.05, 0.1) is 39.1 Å². The first kappa shape index (κ1) is 27.6. The second kappa shape index (κ2) is 12.4. The third-order valence-electron chi connectivity index (χ3n) is 6.27. The van der Waals surface area contributed by atoms with Crippen molar-refractivity contribution in [2.45, 2.75) is 18.9 Å². The molecule has 1 fully saturated rings. The smallest absolute Gasteiger partial charge is 0.256 e. The Balaban J connectivity index is 1.58. The molecule has 0 aliphatic carbocycles. The van der Waals surface area contributed by atoms with E-state index in [1.54, 1.807) is 45.6 Å². The topological polar surface area (TPSA) is 80.3 Å². The third-order valence-corrected chi connectivity index (χ3v) is 7.62. The molecule has 0 spiro atoms. The van der Waals surface area contributed by atoms with Crippen LogP contribution in [0.25, 0.3) is 0 Å². The summed E-state index contributed by atoms with van der Waals surface area (Å²) in [6.07, 6.45) is 0.543. The molecule has 0 unspecified atom stereocenters. The summed E-state index contributed by atoms with van der Waals surface area (Å²) in [5, 5.41) is 3.28. The van der Waals surface area contributed by atoms with Crippen LogP contribution in [0.5, 0.6) is 17.2 Å². The largest absolute Gasteiger partial charge is 0.497 e. The Bertz CT molecular complexity index is 1330.